The van der Waals surface area contributed by atoms with Crippen LogP contribution in [-0.2, 0) is 4.74 Å². The molecule has 0 spiro atoms. The third-order valence-electron chi connectivity index (χ3n) is 2.47. The van der Waals surface area contributed by atoms with Crippen LogP contribution in [0.3, 0.4) is 0 Å². The molecule has 2 aliphatic rings. The van der Waals surface area contributed by atoms with Crippen LogP contribution >= 0.6 is 0 Å². The van der Waals surface area contributed by atoms with Crippen LogP contribution in [0.2, 0.25) is 0 Å². The van der Waals surface area contributed by atoms with Gasteiger partial charge in [0.25, 0.3) is 0 Å². The summed E-state index contributed by atoms with van der Waals surface area (Å²) < 4.78 is 5.57. The van der Waals surface area contributed by atoms with Crippen LogP contribution in [0, 0.1) is 0 Å². The van der Waals surface area contributed by atoms with E-state index in [1.165, 1.54) is 32.2 Å². The number of ether oxygens (including phenoxy) is 1. The van der Waals surface area contributed by atoms with E-state index in [9.17, 15) is 0 Å². The molecule has 0 radical (unpaired) electrons. The lowest BCUT2D eigenvalue weighted by molar-refractivity contribution is 0.102. The fourth-order valence-corrected chi connectivity index (χ4v) is 1.85. The average molecular weight is 141 g/mol. The molecule has 2 fully saturated rings. The molecule has 2 rings (SSSR count). The first-order valence-corrected chi connectivity index (χ1v) is 4.30. The standard InChI is InChI=1S/C8H15NO/c1-2-4-9-7-5-8(3-1)10-6-7/h7-9H,1-6H2. The van der Waals surface area contributed by atoms with Crippen molar-refractivity contribution in [2.45, 2.75) is 37.8 Å². The minimum atomic E-state index is 0.581. The first-order valence-electron chi connectivity index (χ1n) is 4.30. The lowest BCUT2D eigenvalue weighted by atomic mass is 10.0. The Hall–Kier alpha value is -0.0800. The van der Waals surface area contributed by atoms with Gasteiger partial charge in [-0.1, -0.05) is 0 Å². The summed E-state index contributed by atoms with van der Waals surface area (Å²) in [5, 5.41) is 3.49. The van der Waals surface area contributed by atoms with Crippen molar-refractivity contribution in [1.29, 1.82) is 0 Å². The Morgan fingerprint density at radius 1 is 1.30 bits per heavy atom. The highest BCUT2D eigenvalue weighted by Crippen LogP contribution is 2.20. The van der Waals surface area contributed by atoms with E-state index in [0.717, 1.165) is 6.61 Å². The molecule has 2 aliphatic heterocycles. The molecule has 2 heterocycles. The van der Waals surface area contributed by atoms with E-state index >= 15 is 0 Å². The van der Waals surface area contributed by atoms with E-state index in [4.69, 9.17) is 4.74 Å². The molecular weight excluding hydrogens is 126 g/mol. The summed E-state index contributed by atoms with van der Waals surface area (Å²) in [5.41, 5.74) is 0. The van der Waals surface area contributed by atoms with Gasteiger partial charge in [-0.2, -0.15) is 0 Å². The van der Waals surface area contributed by atoms with Crippen LogP contribution in [0.4, 0.5) is 0 Å². The molecule has 0 aliphatic carbocycles. The van der Waals surface area contributed by atoms with Gasteiger partial charge in [0.05, 0.1) is 12.7 Å². The maximum absolute atomic E-state index is 5.57. The van der Waals surface area contributed by atoms with Crippen LogP contribution in [0.5, 0.6) is 0 Å². The van der Waals surface area contributed by atoms with E-state index < -0.39 is 0 Å². The quantitative estimate of drug-likeness (QED) is 0.541. The van der Waals surface area contributed by atoms with Crippen LogP contribution in [0.15, 0.2) is 0 Å². The minimum Gasteiger partial charge on any atom is -0.377 e. The third kappa shape index (κ3) is 1.32. The van der Waals surface area contributed by atoms with Gasteiger partial charge in [-0.15, -0.1) is 0 Å². The van der Waals surface area contributed by atoms with Gasteiger partial charge in [0.15, 0.2) is 0 Å². The number of fused-ring (bicyclic) bond motifs is 2. The molecule has 2 bridgehead atoms. The Bertz CT molecular complexity index is 104. The Kier molecular flexibility index (Phi) is 1.91. The monoisotopic (exact) mass is 141 g/mol. The third-order valence-corrected chi connectivity index (χ3v) is 2.47. The van der Waals surface area contributed by atoms with Crippen molar-refractivity contribution in [3.8, 4) is 0 Å². The zero-order valence-corrected chi connectivity index (χ0v) is 6.31. The molecule has 0 aromatic carbocycles. The summed E-state index contributed by atoms with van der Waals surface area (Å²) in [6.45, 7) is 2.14. The van der Waals surface area contributed by atoms with Gasteiger partial charge < -0.3 is 10.1 Å². The molecule has 2 atom stereocenters. The highest BCUT2D eigenvalue weighted by molar-refractivity contribution is 4.80. The van der Waals surface area contributed by atoms with Gasteiger partial charge in [-0.3, -0.25) is 0 Å². The fraction of sp³-hybridized carbons (Fsp3) is 1.00. The summed E-state index contributed by atoms with van der Waals surface area (Å²) in [6.07, 6.45) is 5.79. The molecule has 0 amide bonds. The predicted molar refractivity (Wildman–Crippen MR) is 40.0 cm³/mol. The molecular formula is C8H15NO. The van der Waals surface area contributed by atoms with E-state index in [0.29, 0.717) is 12.1 Å². The Balaban J connectivity index is 1.91. The average Bonchev–Trinajstić information content (AvgIpc) is 2.30. The summed E-state index contributed by atoms with van der Waals surface area (Å²) in [4.78, 5) is 0. The lowest BCUT2D eigenvalue weighted by Gasteiger charge is -2.14. The van der Waals surface area contributed by atoms with Crippen molar-refractivity contribution in [1.82, 2.24) is 5.32 Å². The fourth-order valence-electron chi connectivity index (χ4n) is 1.85. The topological polar surface area (TPSA) is 21.3 Å². The summed E-state index contributed by atoms with van der Waals surface area (Å²) in [6, 6.07) is 0.672. The maximum atomic E-state index is 5.57. The Labute approximate surface area is 61.9 Å². The summed E-state index contributed by atoms with van der Waals surface area (Å²) in [7, 11) is 0. The second-order valence-corrected chi connectivity index (χ2v) is 3.34. The van der Waals surface area contributed by atoms with E-state index in [1.807, 2.05) is 0 Å². The second-order valence-electron chi connectivity index (χ2n) is 3.34. The van der Waals surface area contributed by atoms with E-state index in [2.05, 4.69) is 5.32 Å². The molecule has 0 aromatic heterocycles. The zero-order valence-electron chi connectivity index (χ0n) is 6.31. The second kappa shape index (κ2) is 2.89. The SMILES string of the molecule is C1CCC2CC(CO2)NC1. The smallest absolute Gasteiger partial charge is 0.0624 e. The number of rotatable bonds is 0. The molecule has 2 saturated heterocycles. The lowest BCUT2D eigenvalue weighted by Crippen LogP contribution is -2.31. The van der Waals surface area contributed by atoms with Crippen molar-refractivity contribution in [3.05, 3.63) is 0 Å². The highest BCUT2D eigenvalue weighted by atomic mass is 16.5. The molecule has 2 unspecified atom stereocenters. The van der Waals surface area contributed by atoms with Gasteiger partial charge in [-0.05, 0) is 32.2 Å². The molecule has 58 valence electrons. The Morgan fingerprint density at radius 3 is 3.30 bits per heavy atom. The number of hydrogen-bond acceptors (Lipinski definition) is 2. The van der Waals surface area contributed by atoms with Gasteiger partial charge >= 0.3 is 0 Å². The van der Waals surface area contributed by atoms with Gasteiger partial charge in [0.2, 0.25) is 0 Å². The molecule has 0 saturated carbocycles. The largest absolute Gasteiger partial charge is 0.377 e. The van der Waals surface area contributed by atoms with Crippen LogP contribution in [0.25, 0.3) is 0 Å². The van der Waals surface area contributed by atoms with Crippen LogP contribution in [0.1, 0.15) is 25.7 Å². The van der Waals surface area contributed by atoms with Crippen molar-refractivity contribution < 1.29 is 4.74 Å². The van der Waals surface area contributed by atoms with Crippen molar-refractivity contribution in [2.75, 3.05) is 13.2 Å². The molecule has 0 aromatic rings. The van der Waals surface area contributed by atoms with Crippen LogP contribution in [-0.4, -0.2) is 25.3 Å². The molecule has 2 nitrogen and oxygen atoms in total. The van der Waals surface area contributed by atoms with Crippen molar-refractivity contribution in [2.24, 2.45) is 0 Å². The summed E-state index contributed by atoms with van der Waals surface area (Å²) >= 11 is 0. The molecule has 10 heavy (non-hydrogen) atoms. The minimum absolute atomic E-state index is 0.581. The number of hydrogen-bond donors (Lipinski definition) is 1. The maximum Gasteiger partial charge on any atom is 0.0624 e. The highest BCUT2D eigenvalue weighted by Gasteiger charge is 2.25. The molecule has 2 heteroatoms. The zero-order chi connectivity index (χ0) is 6.81. The van der Waals surface area contributed by atoms with Gasteiger partial charge in [-0.25, -0.2) is 0 Å². The normalized spacial score (nSPS) is 40.8. The molecule has 1 N–H and O–H groups in total. The Morgan fingerprint density at radius 2 is 2.30 bits per heavy atom. The van der Waals surface area contributed by atoms with Crippen molar-refractivity contribution in [3.63, 3.8) is 0 Å². The number of nitrogens with one attached hydrogen (secondary N) is 1. The first-order chi connectivity index (χ1) is 4.95. The van der Waals surface area contributed by atoms with E-state index in [1.54, 1.807) is 0 Å². The predicted octanol–water partition coefficient (Wildman–Crippen LogP) is 0.917. The van der Waals surface area contributed by atoms with E-state index in [-0.39, 0.29) is 0 Å². The van der Waals surface area contributed by atoms with Gasteiger partial charge in [0.1, 0.15) is 0 Å². The van der Waals surface area contributed by atoms with Crippen molar-refractivity contribution >= 4 is 0 Å². The first kappa shape index (κ1) is 6.62. The summed E-state index contributed by atoms with van der Waals surface area (Å²) in [5.74, 6) is 0. The van der Waals surface area contributed by atoms with Gasteiger partial charge in [0, 0.05) is 6.04 Å². The van der Waals surface area contributed by atoms with Crippen LogP contribution < -0.4 is 5.32 Å².